The summed E-state index contributed by atoms with van der Waals surface area (Å²) in [6.07, 6.45) is 1.78. The van der Waals surface area contributed by atoms with Gasteiger partial charge < -0.3 is 19.9 Å². The van der Waals surface area contributed by atoms with E-state index in [4.69, 9.17) is 14.6 Å². The van der Waals surface area contributed by atoms with Crippen LogP contribution in [0.2, 0.25) is 0 Å². The predicted molar refractivity (Wildman–Crippen MR) is 80.4 cm³/mol. The second-order valence-electron chi connectivity index (χ2n) is 5.32. The molecule has 0 bridgehead atoms. The Kier molecular flexibility index (Phi) is 5.25. The Balaban J connectivity index is 2.02. The Hall–Kier alpha value is -2.24. The largest absolute Gasteiger partial charge is 0.493 e. The van der Waals surface area contributed by atoms with Gasteiger partial charge in [0.1, 0.15) is 0 Å². The van der Waals surface area contributed by atoms with Crippen molar-refractivity contribution in [2.45, 2.75) is 32.2 Å². The molecule has 2 atom stereocenters. The SMILES string of the molecule is CCOc1ccc(C(=O)N[C@@H]2CC[C@H](C(=O)O)C2)cc1OC. The normalized spacial score (nSPS) is 20.5. The number of carboxylic acid groups (broad SMARTS) is 1. The number of amides is 1. The number of hydrogen-bond acceptors (Lipinski definition) is 4. The molecule has 1 amide bonds. The summed E-state index contributed by atoms with van der Waals surface area (Å²) < 4.78 is 10.6. The molecule has 0 aliphatic heterocycles. The minimum atomic E-state index is -0.792. The van der Waals surface area contributed by atoms with Crippen LogP contribution < -0.4 is 14.8 Å². The van der Waals surface area contributed by atoms with E-state index in [0.29, 0.717) is 42.9 Å². The van der Waals surface area contributed by atoms with Gasteiger partial charge >= 0.3 is 5.97 Å². The van der Waals surface area contributed by atoms with Gasteiger partial charge in [0, 0.05) is 11.6 Å². The van der Waals surface area contributed by atoms with Crippen molar-refractivity contribution < 1.29 is 24.2 Å². The van der Waals surface area contributed by atoms with Gasteiger partial charge in [-0.15, -0.1) is 0 Å². The standard InChI is InChI=1S/C16H21NO5/c1-3-22-13-7-5-10(9-14(13)21-2)15(18)17-12-6-4-11(8-12)16(19)20/h5,7,9,11-12H,3-4,6,8H2,1-2H3,(H,17,18)(H,19,20)/t11-,12+/m0/s1. The number of rotatable bonds is 6. The van der Waals surface area contributed by atoms with E-state index in [1.807, 2.05) is 6.92 Å². The maximum absolute atomic E-state index is 12.3. The molecule has 120 valence electrons. The zero-order chi connectivity index (χ0) is 16.1. The van der Waals surface area contributed by atoms with Gasteiger partial charge in [-0.3, -0.25) is 9.59 Å². The highest BCUT2D eigenvalue weighted by atomic mass is 16.5. The maximum Gasteiger partial charge on any atom is 0.306 e. The zero-order valence-corrected chi connectivity index (χ0v) is 12.8. The Morgan fingerprint density at radius 3 is 2.68 bits per heavy atom. The van der Waals surface area contributed by atoms with E-state index in [1.165, 1.54) is 7.11 Å². The van der Waals surface area contributed by atoms with Crippen LogP contribution >= 0.6 is 0 Å². The van der Waals surface area contributed by atoms with Gasteiger partial charge in [-0.05, 0) is 44.4 Å². The highest BCUT2D eigenvalue weighted by molar-refractivity contribution is 5.95. The van der Waals surface area contributed by atoms with E-state index < -0.39 is 5.97 Å². The topological polar surface area (TPSA) is 84.9 Å². The molecule has 0 saturated heterocycles. The molecule has 2 rings (SSSR count). The van der Waals surface area contributed by atoms with Crippen molar-refractivity contribution in [3.8, 4) is 11.5 Å². The van der Waals surface area contributed by atoms with E-state index in [9.17, 15) is 9.59 Å². The molecule has 0 heterocycles. The first-order valence-electron chi connectivity index (χ1n) is 7.39. The fraction of sp³-hybridized carbons (Fsp3) is 0.500. The molecular weight excluding hydrogens is 286 g/mol. The summed E-state index contributed by atoms with van der Waals surface area (Å²) in [5.41, 5.74) is 0.471. The molecule has 0 radical (unpaired) electrons. The summed E-state index contributed by atoms with van der Waals surface area (Å²) in [5, 5.41) is 11.9. The van der Waals surface area contributed by atoms with Gasteiger partial charge in [0.2, 0.25) is 0 Å². The molecule has 0 unspecified atom stereocenters. The van der Waals surface area contributed by atoms with Crippen molar-refractivity contribution in [1.29, 1.82) is 0 Å². The molecule has 6 heteroatoms. The summed E-state index contributed by atoms with van der Waals surface area (Å²) in [6.45, 7) is 2.39. The van der Waals surface area contributed by atoms with Gasteiger partial charge in [-0.2, -0.15) is 0 Å². The summed E-state index contributed by atoms with van der Waals surface area (Å²) in [5.74, 6) is -0.283. The van der Waals surface area contributed by atoms with E-state index in [2.05, 4.69) is 5.32 Å². The number of aliphatic carboxylic acids is 1. The summed E-state index contributed by atoms with van der Waals surface area (Å²) in [4.78, 5) is 23.2. The molecule has 1 aliphatic carbocycles. The quantitative estimate of drug-likeness (QED) is 0.840. The summed E-state index contributed by atoms with van der Waals surface area (Å²) in [7, 11) is 1.52. The van der Waals surface area contributed by atoms with Crippen molar-refractivity contribution in [3.05, 3.63) is 23.8 Å². The average molecular weight is 307 g/mol. The van der Waals surface area contributed by atoms with Crippen LogP contribution in [-0.2, 0) is 4.79 Å². The molecule has 1 aromatic carbocycles. The third kappa shape index (κ3) is 3.69. The Morgan fingerprint density at radius 1 is 1.32 bits per heavy atom. The molecule has 0 spiro atoms. The summed E-state index contributed by atoms with van der Waals surface area (Å²) >= 11 is 0. The Labute approximate surface area is 129 Å². The van der Waals surface area contributed by atoms with Gasteiger partial charge in [0.15, 0.2) is 11.5 Å². The molecule has 6 nitrogen and oxygen atoms in total. The number of nitrogens with one attached hydrogen (secondary N) is 1. The Morgan fingerprint density at radius 2 is 2.09 bits per heavy atom. The molecule has 1 aliphatic rings. The number of carbonyl (C=O) groups excluding carboxylic acids is 1. The molecule has 2 N–H and O–H groups in total. The molecule has 22 heavy (non-hydrogen) atoms. The monoisotopic (exact) mass is 307 g/mol. The first-order chi connectivity index (χ1) is 10.5. The van der Waals surface area contributed by atoms with Gasteiger partial charge in [-0.25, -0.2) is 0 Å². The lowest BCUT2D eigenvalue weighted by Crippen LogP contribution is -2.33. The number of benzene rings is 1. The fourth-order valence-electron chi connectivity index (χ4n) is 2.69. The van der Waals surface area contributed by atoms with Crippen LogP contribution in [0.15, 0.2) is 18.2 Å². The van der Waals surface area contributed by atoms with E-state index in [1.54, 1.807) is 18.2 Å². The van der Waals surface area contributed by atoms with Gasteiger partial charge in [0.25, 0.3) is 5.91 Å². The average Bonchev–Trinajstić information content (AvgIpc) is 2.96. The lowest BCUT2D eigenvalue weighted by molar-refractivity contribution is -0.141. The smallest absolute Gasteiger partial charge is 0.306 e. The van der Waals surface area contributed by atoms with E-state index >= 15 is 0 Å². The second kappa shape index (κ2) is 7.15. The van der Waals surface area contributed by atoms with Crippen LogP contribution in [0.3, 0.4) is 0 Å². The molecule has 1 fully saturated rings. The lowest BCUT2D eigenvalue weighted by Gasteiger charge is -2.14. The number of hydrogen-bond donors (Lipinski definition) is 2. The number of carboxylic acids is 1. The number of carbonyl (C=O) groups is 2. The third-order valence-electron chi connectivity index (χ3n) is 3.84. The van der Waals surface area contributed by atoms with Gasteiger partial charge in [-0.1, -0.05) is 0 Å². The number of methoxy groups -OCH3 is 1. The lowest BCUT2D eigenvalue weighted by atomic mass is 10.1. The van der Waals surface area contributed by atoms with Crippen LogP contribution in [0.1, 0.15) is 36.5 Å². The van der Waals surface area contributed by atoms with Crippen molar-refractivity contribution in [2.75, 3.05) is 13.7 Å². The van der Waals surface area contributed by atoms with Crippen LogP contribution in [0.5, 0.6) is 11.5 Å². The van der Waals surface area contributed by atoms with Crippen molar-refractivity contribution in [1.82, 2.24) is 5.32 Å². The van der Waals surface area contributed by atoms with E-state index in [-0.39, 0.29) is 17.9 Å². The van der Waals surface area contributed by atoms with Crippen LogP contribution in [0.25, 0.3) is 0 Å². The fourth-order valence-corrected chi connectivity index (χ4v) is 2.69. The van der Waals surface area contributed by atoms with Gasteiger partial charge in [0.05, 0.1) is 19.6 Å². The van der Waals surface area contributed by atoms with Crippen LogP contribution in [0, 0.1) is 5.92 Å². The first-order valence-corrected chi connectivity index (χ1v) is 7.39. The van der Waals surface area contributed by atoms with Crippen LogP contribution in [-0.4, -0.2) is 36.7 Å². The highest BCUT2D eigenvalue weighted by Gasteiger charge is 2.30. The maximum atomic E-state index is 12.3. The molecule has 0 aromatic heterocycles. The van der Waals surface area contributed by atoms with Crippen molar-refractivity contribution >= 4 is 11.9 Å². The zero-order valence-electron chi connectivity index (χ0n) is 12.8. The predicted octanol–water partition coefficient (Wildman–Crippen LogP) is 2.08. The second-order valence-corrected chi connectivity index (χ2v) is 5.32. The minimum absolute atomic E-state index is 0.0915. The highest BCUT2D eigenvalue weighted by Crippen LogP contribution is 2.29. The summed E-state index contributed by atoms with van der Waals surface area (Å²) in [6, 6.07) is 4.91. The molecule has 1 aromatic rings. The first kappa shape index (κ1) is 16.1. The van der Waals surface area contributed by atoms with E-state index in [0.717, 1.165) is 0 Å². The molecule has 1 saturated carbocycles. The number of ether oxygens (including phenoxy) is 2. The Bertz CT molecular complexity index is 557. The van der Waals surface area contributed by atoms with Crippen molar-refractivity contribution in [2.24, 2.45) is 5.92 Å². The molecular formula is C16H21NO5. The minimum Gasteiger partial charge on any atom is -0.493 e. The van der Waals surface area contributed by atoms with Crippen LogP contribution in [0.4, 0.5) is 0 Å². The van der Waals surface area contributed by atoms with Crippen molar-refractivity contribution in [3.63, 3.8) is 0 Å². The third-order valence-corrected chi connectivity index (χ3v) is 3.84.